The summed E-state index contributed by atoms with van der Waals surface area (Å²) >= 11 is 3.08. The van der Waals surface area contributed by atoms with Gasteiger partial charge in [-0.3, -0.25) is 4.68 Å². The molecule has 0 fully saturated rings. The van der Waals surface area contributed by atoms with Crippen LogP contribution in [0.2, 0.25) is 0 Å². The zero-order valence-electron chi connectivity index (χ0n) is 10.6. The molecule has 0 bridgehead atoms. The Labute approximate surface area is 118 Å². The van der Waals surface area contributed by atoms with E-state index in [1.807, 2.05) is 6.07 Å². The van der Waals surface area contributed by atoms with Crippen LogP contribution in [-0.4, -0.2) is 16.8 Å². The van der Waals surface area contributed by atoms with Gasteiger partial charge >= 0.3 is 0 Å². The van der Waals surface area contributed by atoms with Crippen molar-refractivity contribution in [3.05, 3.63) is 51.8 Å². The van der Waals surface area contributed by atoms with Crippen LogP contribution in [0.1, 0.15) is 17.3 Å². The normalized spacial score (nSPS) is 12.7. The Morgan fingerprint density at radius 1 is 1.37 bits per heavy atom. The topological polar surface area (TPSA) is 29.9 Å². The molecule has 6 heteroatoms. The second-order valence-electron chi connectivity index (χ2n) is 4.25. The summed E-state index contributed by atoms with van der Waals surface area (Å²) in [6.45, 7) is 0. The number of rotatable bonds is 4. The molecule has 1 unspecified atom stereocenters. The van der Waals surface area contributed by atoms with Crippen molar-refractivity contribution in [1.29, 1.82) is 0 Å². The van der Waals surface area contributed by atoms with Crippen LogP contribution in [0, 0.1) is 11.6 Å². The number of nitrogens with zero attached hydrogens (tertiary/aromatic N) is 2. The SMILES string of the molecule is CNC(Cc1c(F)ccc(Br)c1F)c1ccnn1C. The van der Waals surface area contributed by atoms with E-state index in [-0.39, 0.29) is 22.5 Å². The summed E-state index contributed by atoms with van der Waals surface area (Å²) in [6.07, 6.45) is 1.88. The standard InChI is InChI=1S/C13H14BrF2N3/c1-17-11(12-5-6-18-19(12)2)7-8-10(15)4-3-9(14)13(8)16/h3-6,11,17H,7H2,1-2H3. The summed E-state index contributed by atoms with van der Waals surface area (Å²) in [5, 5.41) is 7.13. The molecule has 1 aromatic heterocycles. The molecule has 19 heavy (non-hydrogen) atoms. The monoisotopic (exact) mass is 329 g/mol. The highest BCUT2D eigenvalue weighted by Crippen LogP contribution is 2.26. The molecule has 2 aromatic rings. The van der Waals surface area contributed by atoms with Crippen LogP contribution in [0.15, 0.2) is 28.9 Å². The molecule has 1 N–H and O–H groups in total. The van der Waals surface area contributed by atoms with E-state index in [4.69, 9.17) is 0 Å². The van der Waals surface area contributed by atoms with E-state index in [9.17, 15) is 8.78 Å². The van der Waals surface area contributed by atoms with E-state index in [1.54, 1.807) is 25.0 Å². The first-order valence-electron chi connectivity index (χ1n) is 5.82. The summed E-state index contributed by atoms with van der Waals surface area (Å²) in [5.74, 6) is -1.09. The Morgan fingerprint density at radius 3 is 2.68 bits per heavy atom. The van der Waals surface area contributed by atoms with E-state index in [2.05, 4.69) is 26.3 Å². The average Bonchev–Trinajstić information content (AvgIpc) is 2.81. The fourth-order valence-electron chi connectivity index (χ4n) is 2.04. The number of aryl methyl sites for hydroxylation is 1. The van der Waals surface area contributed by atoms with Gasteiger partial charge in [0.05, 0.1) is 16.2 Å². The van der Waals surface area contributed by atoms with E-state index < -0.39 is 11.6 Å². The van der Waals surface area contributed by atoms with Gasteiger partial charge in [-0.2, -0.15) is 5.10 Å². The highest BCUT2D eigenvalue weighted by Gasteiger charge is 2.19. The third kappa shape index (κ3) is 2.84. The minimum atomic E-state index is -0.553. The van der Waals surface area contributed by atoms with E-state index in [0.717, 1.165) is 5.69 Å². The van der Waals surface area contributed by atoms with Gasteiger partial charge in [-0.05, 0) is 47.6 Å². The van der Waals surface area contributed by atoms with Gasteiger partial charge in [-0.1, -0.05) is 0 Å². The minimum Gasteiger partial charge on any atom is -0.311 e. The number of halogens is 3. The molecule has 0 amide bonds. The van der Waals surface area contributed by atoms with Crippen molar-refractivity contribution < 1.29 is 8.78 Å². The number of likely N-dealkylation sites (N-methyl/N-ethyl adjacent to an activating group) is 1. The molecule has 0 radical (unpaired) electrons. The van der Waals surface area contributed by atoms with Crippen LogP contribution in [0.3, 0.4) is 0 Å². The lowest BCUT2D eigenvalue weighted by atomic mass is 10.0. The largest absolute Gasteiger partial charge is 0.311 e. The Kier molecular flexibility index (Phi) is 4.31. The average molecular weight is 330 g/mol. The number of hydrogen-bond donors (Lipinski definition) is 1. The molecule has 0 saturated heterocycles. The van der Waals surface area contributed by atoms with Crippen molar-refractivity contribution in [2.45, 2.75) is 12.5 Å². The molecule has 3 nitrogen and oxygen atoms in total. The molecule has 0 spiro atoms. The Balaban J connectivity index is 2.34. The summed E-state index contributed by atoms with van der Waals surface area (Å²) in [6, 6.07) is 4.26. The molecule has 1 aromatic carbocycles. The molecule has 1 atom stereocenters. The highest BCUT2D eigenvalue weighted by atomic mass is 79.9. The summed E-state index contributed by atoms with van der Waals surface area (Å²) in [5.41, 5.74) is 0.941. The first-order valence-corrected chi connectivity index (χ1v) is 6.61. The lowest BCUT2D eigenvalue weighted by Crippen LogP contribution is -2.22. The van der Waals surface area contributed by atoms with Gasteiger partial charge in [-0.25, -0.2) is 8.78 Å². The predicted molar refractivity (Wildman–Crippen MR) is 72.8 cm³/mol. The van der Waals surface area contributed by atoms with Crippen molar-refractivity contribution >= 4 is 15.9 Å². The lowest BCUT2D eigenvalue weighted by molar-refractivity contribution is 0.492. The highest BCUT2D eigenvalue weighted by molar-refractivity contribution is 9.10. The van der Waals surface area contributed by atoms with Crippen LogP contribution in [0.25, 0.3) is 0 Å². The van der Waals surface area contributed by atoms with Crippen molar-refractivity contribution in [2.75, 3.05) is 7.05 Å². The summed E-state index contributed by atoms with van der Waals surface area (Å²) in [4.78, 5) is 0. The van der Waals surface area contributed by atoms with Crippen LogP contribution in [0.5, 0.6) is 0 Å². The maximum atomic E-state index is 14.0. The smallest absolute Gasteiger partial charge is 0.143 e. The minimum absolute atomic E-state index is 0.0647. The van der Waals surface area contributed by atoms with Gasteiger partial charge in [0.1, 0.15) is 11.6 Å². The zero-order chi connectivity index (χ0) is 14.0. The fraction of sp³-hybridized carbons (Fsp3) is 0.308. The predicted octanol–water partition coefficient (Wildman–Crippen LogP) is 2.96. The lowest BCUT2D eigenvalue weighted by Gasteiger charge is -2.17. The third-order valence-corrected chi connectivity index (χ3v) is 3.72. The second kappa shape index (κ2) is 5.79. The zero-order valence-corrected chi connectivity index (χ0v) is 12.2. The maximum absolute atomic E-state index is 14.0. The first-order chi connectivity index (χ1) is 9.04. The van der Waals surface area contributed by atoms with Crippen LogP contribution < -0.4 is 5.32 Å². The molecule has 0 aliphatic carbocycles. The van der Waals surface area contributed by atoms with Crippen molar-refractivity contribution in [2.24, 2.45) is 7.05 Å². The van der Waals surface area contributed by atoms with Crippen molar-refractivity contribution in [3.63, 3.8) is 0 Å². The molecule has 2 rings (SSSR count). The maximum Gasteiger partial charge on any atom is 0.143 e. The first kappa shape index (κ1) is 14.1. The Bertz CT molecular complexity index is 583. The Morgan fingerprint density at radius 2 is 2.11 bits per heavy atom. The number of benzene rings is 1. The molecule has 1 heterocycles. The van der Waals surface area contributed by atoms with Crippen LogP contribution in [0.4, 0.5) is 8.78 Å². The third-order valence-electron chi connectivity index (χ3n) is 3.11. The number of nitrogens with one attached hydrogen (secondary N) is 1. The van der Waals surface area contributed by atoms with Gasteiger partial charge in [-0.15, -0.1) is 0 Å². The fourth-order valence-corrected chi connectivity index (χ4v) is 2.41. The Hall–Kier alpha value is -1.27. The van der Waals surface area contributed by atoms with E-state index in [0.29, 0.717) is 0 Å². The summed E-state index contributed by atoms with van der Waals surface area (Å²) in [7, 11) is 3.55. The van der Waals surface area contributed by atoms with Crippen molar-refractivity contribution in [1.82, 2.24) is 15.1 Å². The van der Waals surface area contributed by atoms with E-state index >= 15 is 0 Å². The van der Waals surface area contributed by atoms with Crippen LogP contribution in [-0.2, 0) is 13.5 Å². The second-order valence-corrected chi connectivity index (χ2v) is 5.10. The van der Waals surface area contributed by atoms with Gasteiger partial charge in [0.25, 0.3) is 0 Å². The van der Waals surface area contributed by atoms with Gasteiger partial charge in [0.2, 0.25) is 0 Å². The van der Waals surface area contributed by atoms with Crippen molar-refractivity contribution in [3.8, 4) is 0 Å². The van der Waals surface area contributed by atoms with Crippen LogP contribution >= 0.6 is 15.9 Å². The quantitative estimate of drug-likeness (QED) is 0.874. The number of hydrogen-bond acceptors (Lipinski definition) is 2. The van der Waals surface area contributed by atoms with Gasteiger partial charge < -0.3 is 5.32 Å². The number of aromatic nitrogens is 2. The van der Waals surface area contributed by atoms with Gasteiger partial charge in [0, 0.05) is 18.8 Å². The molecular weight excluding hydrogens is 316 g/mol. The molecule has 0 aliphatic rings. The van der Waals surface area contributed by atoms with E-state index in [1.165, 1.54) is 12.1 Å². The molecule has 102 valence electrons. The molecular formula is C13H14BrF2N3. The van der Waals surface area contributed by atoms with Gasteiger partial charge in [0.15, 0.2) is 0 Å². The molecule has 0 saturated carbocycles. The molecule has 0 aliphatic heterocycles. The summed E-state index contributed by atoms with van der Waals surface area (Å²) < 4.78 is 29.7.